The molecular weight excluding hydrogens is 604 g/mol. The van der Waals surface area contributed by atoms with Crippen molar-refractivity contribution in [1.82, 2.24) is 9.80 Å². The first-order valence-corrected chi connectivity index (χ1v) is 17.3. The number of hydrogen-bond donors (Lipinski definition) is 3. The van der Waals surface area contributed by atoms with Crippen LogP contribution in [0.1, 0.15) is 80.1 Å². The van der Waals surface area contributed by atoms with Crippen molar-refractivity contribution >= 4 is 12.1 Å². The lowest BCUT2D eigenvalue weighted by molar-refractivity contribution is -0.151. The lowest BCUT2D eigenvalue weighted by Crippen LogP contribution is -2.47. The third-order valence-electron chi connectivity index (χ3n) is 10.0. The fraction of sp³-hybridized carbons (Fsp3) is 0.778. The number of allylic oxidation sites excluding steroid dienone is 2. The first kappa shape index (κ1) is 39.2. The van der Waals surface area contributed by atoms with Gasteiger partial charge in [0.1, 0.15) is 11.7 Å². The van der Waals surface area contributed by atoms with Crippen molar-refractivity contribution in [3.05, 3.63) is 36.0 Å². The van der Waals surface area contributed by atoms with Gasteiger partial charge >= 0.3 is 12.1 Å². The topological polar surface area (TPSA) is 142 Å². The van der Waals surface area contributed by atoms with E-state index in [0.717, 1.165) is 25.1 Å². The van der Waals surface area contributed by atoms with E-state index in [1.54, 1.807) is 43.2 Å². The number of methoxy groups -OCH3 is 1. The van der Waals surface area contributed by atoms with Gasteiger partial charge in [-0.1, -0.05) is 45.1 Å². The molecule has 268 valence electrons. The standard InChI is InChI=1S/C36H60N2O9/c1-9-28(40)26(4)33-29(45-33)23-35(5,43)16-10-12-24(2)32-25(3)13-14-30(46-34(42)38-19-11-18-37(7)20-21-38)36(6,44-8)17-15-27(39)22-31(41)47-32/h10,12-14,16,25-30,32-33,39-40,43H,9,11,15,17-23H2,1-8H3/b14-13+,16-10+,24-12+. The van der Waals surface area contributed by atoms with Gasteiger partial charge in [0.2, 0.25) is 0 Å². The zero-order valence-corrected chi connectivity index (χ0v) is 29.8. The molecule has 47 heavy (non-hydrogen) atoms. The molecule has 10 atom stereocenters. The number of aliphatic hydroxyl groups is 3. The summed E-state index contributed by atoms with van der Waals surface area (Å²) in [6.07, 6.45) is 7.86. The highest BCUT2D eigenvalue weighted by atomic mass is 16.6. The molecule has 0 aromatic heterocycles. The summed E-state index contributed by atoms with van der Waals surface area (Å²) in [4.78, 5) is 30.2. The minimum atomic E-state index is -1.14. The quantitative estimate of drug-likeness (QED) is 0.136. The van der Waals surface area contributed by atoms with Gasteiger partial charge in [-0.3, -0.25) is 4.79 Å². The van der Waals surface area contributed by atoms with Crippen LogP contribution >= 0.6 is 0 Å². The maximum atomic E-state index is 13.4. The molecule has 10 unspecified atom stereocenters. The maximum absolute atomic E-state index is 13.4. The molecule has 3 heterocycles. The van der Waals surface area contributed by atoms with Gasteiger partial charge in [-0.2, -0.15) is 0 Å². The highest BCUT2D eigenvalue weighted by Gasteiger charge is 2.47. The van der Waals surface area contributed by atoms with Gasteiger partial charge in [0, 0.05) is 45.0 Å². The van der Waals surface area contributed by atoms with Crippen LogP contribution in [0.3, 0.4) is 0 Å². The van der Waals surface area contributed by atoms with E-state index in [-0.39, 0.29) is 36.9 Å². The summed E-state index contributed by atoms with van der Waals surface area (Å²) in [6.45, 7) is 14.1. The van der Waals surface area contributed by atoms with Crippen LogP contribution in [0.5, 0.6) is 0 Å². The summed E-state index contributed by atoms with van der Waals surface area (Å²) >= 11 is 0. The van der Waals surface area contributed by atoms with E-state index in [0.29, 0.717) is 32.4 Å². The SMILES string of the molecule is CCC(O)C(C)C1OC1CC(C)(O)/C=C/C=C(\C)C1OC(=O)CC(O)CCC(C)(OC)C(OC(=O)N2CCCN(C)CC2)/C=C/C1C. The van der Waals surface area contributed by atoms with Gasteiger partial charge in [0.25, 0.3) is 0 Å². The Labute approximate surface area is 281 Å². The van der Waals surface area contributed by atoms with Crippen LogP contribution in [0.2, 0.25) is 0 Å². The van der Waals surface area contributed by atoms with Crippen LogP contribution in [0.25, 0.3) is 0 Å². The molecule has 2 saturated heterocycles. The van der Waals surface area contributed by atoms with E-state index in [9.17, 15) is 24.9 Å². The van der Waals surface area contributed by atoms with Gasteiger partial charge in [-0.25, -0.2) is 4.79 Å². The van der Waals surface area contributed by atoms with Crippen molar-refractivity contribution in [1.29, 1.82) is 0 Å². The average molecular weight is 665 g/mol. The Morgan fingerprint density at radius 1 is 1.26 bits per heavy atom. The van der Waals surface area contributed by atoms with Crippen LogP contribution in [0.15, 0.2) is 36.0 Å². The normalized spacial score (nSPS) is 35.1. The van der Waals surface area contributed by atoms with Crippen molar-refractivity contribution in [2.24, 2.45) is 11.8 Å². The fourth-order valence-electron chi connectivity index (χ4n) is 6.42. The van der Waals surface area contributed by atoms with E-state index >= 15 is 0 Å². The number of likely N-dealkylation sites (N-methyl/N-ethyl adjacent to an activating group) is 1. The summed E-state index contributed by atoms with van der Waals surface area (Å²) in [5.41, 5.74) is -1.34. The first-order chi connectivity index (χ1) is 22.1. The molecule has 2 fully saturated rings. The predicted molar refractivity (Wildman–Crippen MR) is 180 cm³/mol. The van der Waals surface area contributed by atoms with Crippen molar-refractivity contribution < 1.29 is 43.9 Å². The van der Waals surface area contributed by atoms with Crippen LogP contribution in [-0.4, -0.2) is 125 Å². The molecule has 3 N–H and O–H groups in total. The van der Waals surface area contributed by atoms with Gasteiger partial charge < -0.3 is 44.1 Å². The Hall–Kier alpha value is -2.28. The lowest BCUT2D eigenvalue weighted by atomic mass is 9.88. The number of nitrogens with zero attached hydrogens (tertiary/aromatic N) is 2. The number of hydrogen-bond acceptors (Lipinski definition) is 10. The highest BCUT2D eigenvalue weighted by molar-refractivity contribution is 5.70. The van der Waals surface area contributed by atoms with Gasteiger partial charge in [-0.15, -0.1) is 0 Å². The second kappa shape index (κ2) is 17.4. The van der Waals surface area contributed by atoms with E-state index in [2.05, 4.69) is 4.90 Å². The van der Waals surface area contributed by atoms with Crippen LogP contribution in [0, 0.1) is 11.8 Å². The number of ether oxygens (including phenoxy) is 4. The summed E-state index contributed by atoms with van der Waals surface area (Å²) in [7, 11) is 3.60. The fourth-order valence-corrected chi connectivity index (χ4v) is 6.42. The summed E-state index contributed by atoms with van der Waals surface area (Å²) < 4.78 is 23.7. The van der Waals surface area contributed by atoms with Gasteiger partial charge in [-0.05, 0) is 71.7 Å². The van der Waals surface area contributed by atoms with E-state index in [4.69, 9.17) is 18.9 Å². The number of carbonyl (C=O) groups excluding carboxylic acids is 2. The predicted octanol–water partition coefficient (Wildman–Crippen LogP) is 4.00. The van der Waals surface area contributed by atoms with E-state index < -0.39 is 47.7 Å². The monoisotopic (exact) mass is 664 g/mol. The molecule has 0 saturated carbocycles. The minimum absolute atomic E-state index is 0.00280. The number of aliphatic hydroxyl groups excluding tert-OH is 2. The van der Waals surface area contributed by atoms with E-state index in [1.165, 1.54) is 0 Å². The number of epoxide rings is 1. The second-order valence-electron chi connectivity index (χ2n) is 14.3. The van der Waals surface area contributed by atoms with Crippen LogP contribution in [0.4, 0.5) is 4.79 Å². The second-order valence-corrected chi connectivity index (χ2v) is 14.3. The van der Waals surface area contributed by atoms with Crippen molar-refractivity contribution in [3.63, 3.8) is 0 Å². The Morgan fingerprint density at radius 2 is 1.98 bits per heavy atom. The number of esters is 1. The molecular formula is C36H60N2O9. The molecule has 1 amide bonds. The highest BCUT2D eigenvalue weighted by Crippen LogP contribution is 2.37. The Morgan fingerprint density at radius 3 is 2.66 bits per heavy atom. The summed E-state index contributed by atoms with van der Waals surface area (Å²) in [6, 6.07) is 0. The van der Waals surface area contributed by atoms with Crippen molar-refractivity contribution in [2.75, 3.05) is 40.3 Å². The molecule has 3 aliphatic rings. The third-order valence-corrected chi connectivity index (χ3v) is 10.0. The largest absolute Gasteiger partial charge is 0.457 e. The molecule has 0 aromatic carbocycles. The minimum Gasteiger partial charge on any atom is -0.457 e. The molecule has 0 aliphatic carbocycles. The van der Waals surface area contributed by atoms with Gasteiger partial charge in [0.15, 0.2) is 6.10 Å². The van der Waals surface area contributed by atoms with Crippen LogP contribution < -0.4 is 0 Å². The van der Waals surface area contributed by atoms with Crippen molar-refractivity contribution in [2.45, 2.75) is 128 Å². The van der Waals surface area contributed by atoms with Crippen molar-refractivity contribution in [3.8, 4) is 0 Å². The van der Waals surface area contributed by atoms with Gasteiger partial charge in [0.05, 0.1) is 36.4 Å². The van der Waals surface area contributed by atoms with Crippen LogP contribution in [-0.2, 0) is 23.7 Å². The molecule has 3 rings (SSSR count). The zero-order valence-electron chi connectivity index (χ0n) is 29.8. The Balaban J connectivity index is 1.78. The molecule has 3 aliphatic heterocycles. The zero-order chi connectivity index (χ0) is 34.9. The number of amides is 1. The molecule has 11 nitrogen and oxygen atoms in total. The Bertz CT molecular complexity index is 1120. The molecule has 0 aromatic rings. The smallest absolute Gasteiger partial charge is 0.410 e. The number of cyclic esters (lactones) is 1. The molecule has 0 radical (unpaired) electrons. The third kappa shape index (κ3) is 11.7. The van der Waals surface area contributed by atoms with E-state index in [1.807, 2.05) is 47.7 Å². The maximum Gasteiger partial charge on any atom is 0.410 e. The summed E-state index contributed by atoms with van der Waals surface area (Å²) in [5.74, 6) is -0.834. The lowest BCUT2D eigenvalue weighted by Gasteiger charge is -2.36. The molecule has 11 heteroatoms. The number of rotatable bonds is 10. The number of carbonyl (C=O) groups is 2. The summed E-state index contributed by atoms with van der Waals surface area (Å²) in [5, 5.41) is 31.9. The Kier molecular flexibility index (Phi) is 14.5. The molecule has 0 bridgehead atoms. The molecule has 0 spiro atoms. The first-order valence-electron chi connectivity index (χ1n) is 17.3. The average Bonchev–Trinajstić information content (AvgIpc) is 3.81.